The van der Waals surface area contributed by atoms with E-state index < -0.39 is 11.6 Å². The number of hydrogen-bond acceptors (Lipinski definition) is 4. The van der Waals surface area contributed by atoms with Gasteiger partial charge >= 0.3 is 0 Å². The monoisotopic (exact) mass is 312 g/mol. The Bertz CT molecular complexity index is 822. The Kier molecular flexibility index (Phi) is 4.14. The minimum absolute atomic E-state index is 0.145. The molecule has 6 heteroatoms. The van der Waals surface area contributed by atoms with E-state index in [1.54, 1.807) is 13.1 Å². The van der Waals surface area contributed by atoms with E-state index in [4.69, 9.17) is 0 Å². The maximum absolute atomic E-state index is 13.8. The number of hydrogen-bond donors (Lipinski definition) is 2. The van der Waals surface area contributed by atoms with Gasteiger partial charge in [-0.25, -0.2) is 13.8 Å². The van der Waals surface area contributed by atoms with Crippen molar-refractivity contribution in [2.45, 2.75) is 0 Å². The summed E-state index contributed by atoms with van der Waals surface area (Å²) in [5, 5.41) is 5.72. The van der Waals surface area contributed by atoms with Gasteiger partial charge in [-0.05, 0) is 12.1 Å². The van der Waals surface area contributed by atoms with E-state index in [1.807, 2.05) is 30.3 Å². The highest BCUT2D eigenvalue weighted by molar-refractivity contribution is 5.67. The van der Waals surface area contributed by atoms with E-state index in [9.17, 15) is 8.78 Å². The van der Waals surface area contributed by atoms with E-state index in [1.165, 1.54) is 12.1 Å². The molecule has 3 rings (SSSR count). The van der Waals surface area contributed by atoms with Gasteiger partial charge in [0.1, 0.15) is 17.5 Å². The molecule has 0 atom stereocenters. The van der Waals surface area contributed by atoms with Crippen LogP contribution in [0.3, 0.4) is 0 Å². The lowest BCUT2D eigenvalue weighted by atomic mass is 10.1. The topological polar surface area (TPSA) is 49.8 Å². The van der Waals surface area contributed by atoms with Crippen molar-refractivity contribution in [3.63, 3.8) is 0 Å². The van der Waals surface area contributed by atoms with E-state index in [0.29, 0.717) is 17.5 Å². The van der Waals surface area contributed by atoms with E-state index in [2.05, 4.69) is 20.6 Å². The Labute approximate surface area is 132 Å². The van der Waals surface area contributed by atoms with Gasteiger partial charge in [-0.15, -0.1) is 0 Å². The van der Waals surface area contributed by atoms with Gasteiger partial charge in [0.15, 0.2) is 0 Å². The summed E-state index contributed by atoms with van der Waals surface area (Å²) in [6.45, 7) is 0. The second-order valence-electron chi connectivity index (χ2n) is 4.83. The second kappa shape index (κ2) is 6.39. The quantitative estimate of drug-likeness (QED) is 0.758. The number of nitrogens with zero attached hydrogens (tertiary/aromatic N) is 2. The molecule has 4 nitrogen and oxygen atoms in total. The molecule has 23 heavy (non-hydrogen) atoms. The van der Waals surface area contributed by atoms with Crippen LogP contribution < -0.4 is 10.6 Å². The fourth-order valence-corrected chi connectivity index (χ4v) is 2.11. The van der Waals surface area contributed by atoms with Gasteiger partial charge in [-0.2, -0.15) is 4.98 Å². The first-order valence-corrected chi connectivity index (χ1v) is 7.00. The molecule has 0 aliphatic rings. The van der Waals surface area contributed by atoms with Crippen molar-refractivity contribution < 1.29 is 8.78 Å². The lowest BCUT2D eigenvalue weighted by Gasteiger charge is -2.10. The number of halogens is 2. The van der Waals surface area contributed by atoms with Crippen molar-refractivity contribution in [3.05, 3.63) is 66.2 Å². The van der Waals surface area contributed by atoms with Crippen LogP contribution in [-0.2, 0) is 0 Å². The molecule has 2 aromatic carbocycles. The molecule has 1 heterocycles. The molecule has 2 N–H and O–H groups in total. The first-order chi connectivity index (χ1) is 11.2. The number of aromatic nitrogens is 2. The van der Waals surface area contributed by atoms with Crippen LogP contribution >= 0.6 is 0 Å². The van der Waals surface area contributed by atoms with E-state index in [-0.39, 0.29) is 5.69 Å². The van der Waals surface area contributed by atoms with E-state index in [0.717, 1.165) is 11.6 Å². The minimum atomic E-state index is -0.684. The molecule has 0 saturated carbocycles. The summed E-state index contributed by atoms with van der Waals surface area (Å²) in [5.74, 6) is -0.502. The van der Waals surface area contributed by atoms with Gasteiger partial charge in [0.25, 0.3) is 0 Å². The normalized spacial score (nSPS) is 10.4. The van der Waals surface area contributed by atoms with Gasteiger partial charge in [-0.1, -0.05) is 30.3 Å². The van der Waals surface area contributed by atoms with Gasteiger partial charge in [0, 0.05) is 24.7 Å². The Morgan fingerprint density at radius 2 is 1.70 bits per heavy atom. The molecule has 3 aromatic rings. The Morgan fingerprint density at radius 3 is 2.39 bits per heavy atom. The summed E-state index contributed by atoms with van der Waals surface area (Å²) >= 11 is 0. The maximum Gasteiger partial charge on any atom is 0.224 e. The average Bonchev–Trinajstić information content (AvgIpc) is 2.58. The van der Waals surface area contributed by atoms with Crippen LogP contribution in [0.15, 0.2) is 54.6 Å². The SMILES string of the molecule is CNc1nc(Nc2ccc(F)cc2F)cc(-c2ccccc2)n1. The second-order valence-corrected chi connectivity index (χ2v) is 4.83. The van der Waals surface area contributed by atoms with Crippen LogP contribution in [0.4, 0.5) is 26.2 Å². The van der Waals surface area contributed by atoms with Crippen LogP contribution in [-0.4, -0.2) is 17.0 Å². The highest BCUT2D eigenvalue weighted by Crippen LogP contribution is 2.24. The molecule has 0 aliphatic heterocycles. The van der Waals surface area contributed by atoms with Crippen LogP contribution in [0.5, 0.6) is 0 Å². The largest absolute Gasteiger partial charge is 0.357 e. The first kappa shape index (κ1) is 14.9. The van der Waals surface area contributed by atoms with Crippen LogP contribution in [0, 0.1) is 11.6 Å². The van der Waals surface area contributed by atoms with E-state index >= 15 is 0 Å². The van der Waals surface area contributed by atoms with Crippen LogP contribution in [0.25, 0.3) is 11.3 Å². The number of nitrogens with one attached hydrogen (secondary N) is 2. The molecule has 0 aliphatic carbocycles. The van der Waals surface area contributed by atoms with Crippen molar-refractivity contribution in [1.29, 1.82) is 0 Å². The molecule has 0 radical (unpaired) electrons. The number of anilines is 3. The summed E-state index contributed by atoms with van der Waals surface area (Å²) in [6, 6.07) is 14.6. The zero-order valence-electron chi connectivity index (χ0n) is 12.3. The molecule has 0 unspecified atom stereocenters. The van der Waals surface area contributed by atoms with Gasteiger partial charge < -0.3 is 10.6 Å². The first-order valence-electron chi connectivity index (χ1n) is 7.00. The van der Waals surface area contributed by atoms with Gasteiger partial charge in [0.2, 0.25) is 5.95 Å². The molecule has 0 spiro atoms. The van der Waals surface area contributed by atoms with Crippen molar-refractivity contribution in [3.8, 4) is 11.3 Å². The number of benzene rings is 2. The molecule has 1 aromatic heterocycles. The lowest BCUT2D eigenvalue weighted by Crippen LogP contribution is -2.03. The van der Waals surface area contributed by atoms with Crippen LogP contribution in [0.1, 0.15) is 0 Å². The zero-order chi connectivity index (χ0) is 16.2. The Morgan fingerprint density at radius 1 is 0.913 bits per heavy atom. The highest BCUT2D eigenvalue weighted by Gasteiger charge is 2.09. The predicted molar refractivity (Wildman–Crippen MR) is 86.7 cm³/mol. The van der Waals surface area contributed by atoms with Crippen molar-refractivity contribution in [2.75, 3.05) is 17.7 Å². The van der Waals surface area contributed by atoms with Gasteiger partial charge in [-0.3, -0.25) is 0 Å². The summed E-state index contributed by atoms with van der Waals surface area (Å²) < 4.78 is 26.8. The minimum Gasteiger partial charge on any atom is -0.357 e. The summed E-state index contributed by atoms with van der Waals surface area (Å²) in [6.07, 6.45) is 0. The molecular formula is C17H14F2N4. The molecular weight excluding hydrogens is 298 g/mol. The predicted octanol–water partition coefficient (Wildman–Crippen LogP) is 4.21. The molecule has 0 fully saturated rings. The smallest absolute Gasteiger partial charge is 0.224 e. The number of rotatable bonds is 4. The van der Waals surface area contributed by atoms with Crippen molar-refractivity contribution in [2.24, 2.45) is 0 Å². The van der Waals surface area contributed by atoms with Crippen molar-refractivity contribution >= 4 is 17.5 Å². The third-order valence-corrected chi connectivity index (χ3v) is 3.21. The summed E-state index contributed by atoms with van der Waals surface area (Å²) in [4.78, 5) is 8.63. The Hall–Kier alpha value is -3.02. The highest BCUT2D eigenvalue weighted by atomic mass is 19.1. The lowest BCUT2D eigenvalue weighted by molar-refractivity contribution is 0.586. The molecule has 0 amide bonds. The summed E-state index contributed by atoms with van der Waals surface area (Å²) in [5.41, 5.74) is 1.75. The fourth-order valence-electron chi connectivity index (χ4n) is 2.11. The summed E-state index contributed by atoms with van der Waals surface area (Å²) in [7, 11) is 1.70. The fraction of sp³-hybridized carbons (Fsp3) is 0.0588. The van der Waals surface area contributed by atoms with Crippen molar-refractivity contribution in [1.82, 2.24) is 9.97 Å². The molecule has 116 valence electrons. The zero-order valence-corrected chi connectivity index (χ0v) is 12.3. The third kappa shape index (κ3) is 3.42. The van der Waals surface area contributed by atoms with Gasteiger partial charge in [0.05, 0.1) is 11.4 Å². The standard InChI is InChI=1S/C17H14F2N4/c1-20-17-22-15(11-5-3-2-4-6-11)10-16(23-17)21-14-8-7-12(18)9-13(14)19/h2-10H,1H3,(H2,20,21,22,23). The van der Waals surface area contributed by atoms with Crippen LogP contribution in [0.2, 0.25) is 0 Å². The third-order valence-electron chi connectivity index (χ3n) is 3.21. The maximum atomic E-state index is 13.8. The molecule has 0 saturated heterocycles. The Balaban J connectivity index is 1.99. The molecule has 0 bridgehead atoms. The average molecular weight is 312 g/mol.